The Balaban J connectivity index is 1.54. The molecule has 0 bridgehead atoms. The van der Waals surface area contributed by atoms with Gasteiger partial charge in [0.15, 0.2) is 5.83 Å². The summed E-state index contributed by atoms with van der Waals surface area (Å²) in [5.74, 6) is -1.29. The first-order chi connectivity index (χ1) is 14.5. The van der Waals surface area contributed by atoms with E-state index in [0.29, 0.717) is 17.7 Å². The number of hydrogen-bond donors (Lipinski definition) is 2. The quantitative estimate of drug-likeness (QED) is 0.637. The standard InChI is InChI=1S/C23H22FN3O3/c1-14-12-27(13-25-14)19-8-7-15(10-21(19)30-2)9-18(24)23(29)26-22-17-6-4-3-5-16(17)11-20(22)28/h3-10,12-13,20,22,28H,11H2,1-2H3,(H,26,29)/t20-,22+/m0/s1. The van der Waals surface area contributed by atoms with Gasteiger partial charge < -0.3 is 19.7 Å². The largest absolute Gasteiger partial charge is 0.495 e. The number of nitrogens with zero attached hydrogens (tertiary/aromatic N) is 2. The number of methoxy groups -OCH3 is 1. The highest BCUT2D eigenvalue weighted by Crippen LogP contribution is 2.31. The Labute approximate surface area is 173 Å². The van der Waals surface area contributed by atoms with E-state index >= 15 is 0 Å². The molecule has 0 radical (unpaired) electrons. The van der Waals surface area contributed by atoms with Crippen molar-refractivity contribution in [2.24, 2.45) is 0 Å². The summed E-state index contributed by atoms with van der Waals surface area (Å²) >= 11 is 0. The first kappa shape index (κ1) is 19.8. The summed E-state index contributed by atoms with van der Waals surface area (Å²) in [7, 11) is 1.53. The summed E-state index contributed by atoms with van der Waals surface area (Å²) in [6.07, 6.45) is 4.32. The number of carbonyl (C=O) groups excluding carboxylic acids is 1. The number of fused-ring (bicyclic) bond motifs is 1. The first-order valence-corrected chi connectivity index (χ1v) is 9.59. The smallest absolute Gasteiger partial charge is 0.280 e. The zero-order valence-electron chi connectivity index (χ0n) is 16.7. The van der Waals surface area contributed by atoms with Gasteiger partial charge in [0.1, 0.15) is 5.75 Å². The number of halogens is 1. The van der Waals surface area contributed by atoms with Crippen molar-refractivity contribution < 1.29 is 19.0 Å². The molecule has 1 aliphatic carbocycles. The van der Waals surface area contributed by atoms with Crippen LogP contribution in [0.4, 0.5) is 4.39 Å². The highest BCUT2D eigenvalue weighted by molar-refractivity contribution is 5.96. The Bertz CT molecular complexity index is 1120. The zero-order valence-corrected chi connectivity index (χ0v) is 16.7. The Morgan fingerprint density at radius 2 is 2.13 bits per heavy atom. The molecule has 1 heterocycles. The van der Waals surface area contributed by atoms with Crippen LogP contribution in [0.3, 0.4) is 0 Å². The number of hydrogen-bond acceptors (Lipinski definition) is 4. The SMILES string of the molecule is COc1cc(C=C(F)C(=O)N[C@@H]2c3ccccc3C[C@@H]2O)ccc1-n1cnc(C)c1. The van der Waals surface area contributed by atoms with Gasteiger partial charge in [-0.2, -0.15) is 0 Å². The van der Waals surface area contributed by atoms with E-state index in [0.717, 1.165) is 28.6 Å². The van der Waals surface area contributed by atoms with Crippen LogP contribution >= 0.6 is 0 Å². The van der Waals surface area contributed by atoms with Crippen LogP contribution in [0.2, 0.25) is 0 Å². The van der Waals surface area contributed by atoms with E-state index in [1.807, 2.05) is 42.0 Å². The fourth-order valence-corrected chi connectivity index (χ4v) is 3.72. The molecule has 154 valence electrons. The lowest BCUT2D eigenvalue weighted by atomic mass is 10.1. The number of carbonyl (C=O) groups is 1. The maximum atomic E-state index is 14.6. The lowest BCUT2D eigenvalue weighted by Crippen LogP contribution is -2.34. The van der Waals surface area contributed by atoms with Gasteiger partial charge in [-0.1, -0.05) is 30.3 Å². The van der Waals surface area contributed by atoms with Gasteiger partial charge in [-0.25, -0.2) is 9.37 Å². The Morgan fingerprint density at radius 3 is 2.87 bits per heavy atom. The predicted molar refractivity (Wildman–Crippen MR) is 111 cm³/mol. The predicted octanol–water partition coefficient (Wildman–Crippen LogP) is 3.27. The molecule has 30 heavy (non-hydrogen) atoms. The number of aliphatic hydroxyl groups is 1. The molecule has 2 N–H and O–H groups in total. The molecule has 6 nitrogen and oxygen atoms in total. The minimum atomic E-state index is -0.945. The fourth-order valence-electron chi connectivity index (χ4n) is 3.72. The van der Waals surface area contributed by atoms with Gasteiger partial charge in [-0.05, 0) is 41.8 Å². The third-order valence-corrected chi connectivity index (χ3v) is 5.19. The van der Waals surface area contributed by atoms with E-state index in [9.17, 15) is 14.3 Å². The van der Waals surface area contributed by atoms with E-state index in [4.69, 9.17) is 4.74 Å². The van der Waals surface area contributed by atoms with Gasteiger partial charge in [0, 0.05) is 12.6 Å². The molecular weight excluding hydrogens is 385 g/mol. The number of imidazole rings is 1. The molecule has 4 rings (SSSR count). The van der Waals surface area contributed by atoms with Gasteiger partial charge in [-0.15, -0.1) is 0 Å². The van der Waals surface area contributed by atoms with Crippen molar-refractivity contribution in [2.75, 3.05) is 7.11 Å². The van der Waals surface area contributed by atoms with Crippen LogP contribution in [0, 0.1) is 6.92 Å². The number of nitrogens with one attached hydrogen (secondary N) is 1. The van der Waals surface area contributed by atoms with Crippen LogP contribution in [0.1, 0.15) is 28.4 Å². The molecule has 7 heteroatoms. The maximum Gasteiger partial charge on any atom is 0.280 e. The van der Waals surface area contributed by atoms with Crippen molar-refractivity contribution in [1.82, 2.24) is 14.9 Å². The van der Waals surface area contributed by atoms with Gasteiger partial charge >= 0.3 is 0 Å². The third-order valence-electron chi connectivity index (χ3n) is 5.19. The molecule has 0 saturated heterocycles. The second kappa shape index (κ2) is 8.12. The van der Waals surface area contributed by atoms with Crippen LogP contribution in [0.5, 0.6) is 5.75 Å². The summed E-state index contributed by atoms with van der Waals surface area (Å²) in [6.45, 7) is 1.88. The molecule has 3 aromatic rings. The highest BCUT2D eigenvalue weighted by atomic mass is 19.1. The summed E-state index contributed by atoms with van der Waals surface area (Å²) in [6, 6.07) is 11.9. The maximum absolute atomic E-state index is 14.6. The van der Waals surface area contributed by atoms with Crippen molar-refractivity contribution >= 4 is 12.0 Å². The number of aryl methyl sites for hydroxylation is 1. The number of benzene rings is 2. The Hall–Kier alpha value is -3.45. The van der Waals surface area contributed by atoms with Crippen molar-refractivity contribution in [3.63, 3.8) is 0 Å². The number of aromatic nitrogens is 2. The van der Waals surface area contributed by atoms with Crippen LogP contribution < -0.4 is 10.1 Å². The van der Waals surface area contributed by atoms with Crippen LogP contribution in [0.25, 0.3) is 11.8 Å². The minimum Gasteiger partial charge on any atom is -0.495 e. The Kier molecular flexibility index (Phi) is 5.37. The van der Waals surface area contributed by atoms with Gasteiger partial charge in [0.25, 0.3) is 5.91 Å². The molecule has 0 aliphatic heterocycles. The number of ether oxygens (including phenoxy) is 1. The van der Waals surface area contributed by atoms with Crippen LogP contribution in [-0.4, -0.2) is 33.8 Å². The van der Waals surface area contributed by atoms with Gasteiger partial charge in [0.05, 0.1) is 37.0 Å². The van der Waals surface area contributed by atoms with E-state index in [2.05, 4.69) is 10.3 Å². The average Bonchev–Trinajstić information content (AvgIpc) is 3.31. The number of rotatable bonds is 5. The van der Waals surface area contributed by atoms with E-state index in [1.54, 1.807) is 24.5 Å². The normalized spacial score (nSPS) is 18.2. The second-order valence-corrected chi connectivity index (χ2v) is 7.27. The minimum absolute atomic E-state index is 0.429. The van der Waals surface area contributed by atoms with E-state index in [-0.39, 0.29) is 0 Å². The average molecular weight is 407 g/mol. The Morgan fingerprint density at radius 1 is 1.33 bits per heavy atom. The number of aliphatic hydroxyl groups excluding tert-OH is 1. The van der Waals surface area contributed by atoms with E-state index < -0.39 is 23.9 Å². The summed E-state index contributed by atoms with van der Waals surface area (Å²) in [4.78, 5) is 16.6. The van der Waals surface area contributed by atoms with Crippen molar-refractivity contribution in [2.45, 2.75) is 25.5 Å². The molecule has 0 spiro atoms. The van der Waals surface area contributed by atoms with Crippen molar-refractivity contribution in [3.05, 3.63) is 83.2 Å². The highest BCUT2D eigenvalue weighted by Gasteiger charge is 2.32. The number of amides is 1. The lowest BCUT2D eigenvalue weighted by Gasteiger charge is -2.17. The van der Waals surface area contributed by atoms with Crippen LogP contribution in [0.15, 0.2) is 60.8 Å². The fraction of sp³-hybridized carbons (Fsp3) is 0.217. The summed E-state index contributed by atoms with van der Waals surface area (Å²) in [5.41, 5.74) is 3.86. The summed E-state index contributed by atoms with van der Waals surface area (Å²) < 4.78 is 21.8. The molecule has 1 amide bonds. The van der Waals surface area contributed by atoms with Crippen molar-refractivity contribution in [3.8, 4) is 11.4 Å². The van der Waals surface area contributed by atoms with Crippen LogP contribution in [-0.2, 0) is 11.2 Å². The topological polar surface area (TPSA) is 76.4 Å². The molecule has 0 saturated carbocycles. The van der Waals surface area contributed by atoms with Crippen molar-refractivity contribution in [1.29, 1.82) is 0 Å². The molecule has 0 fully saturated rings. The molecule has 2 aromatic carbocycles. The molecule has 1 aliphatic rings. The molecule has 2 atom stereocenters. The molecular formula is C23H22FN3O3. The first-order valence-electron chi connectivity index (χ1n) is 9.59. The lowest BCUT2D eigenvalue weighted by molar-refractivity contribution is -0.120. The molecule has 0 unspecified atom stereocenters. The van der Waals surface area contributed by atoms with Gasteiger partial charge in [-0.3, -0.25) is 4.79 Å². The third kappa shape index (κ3) is 3.84. The monoisotopic (exact) mass is 407 g/mol. The molecule has 1 aromatic heterocycles. The van der Waals surface area contributed by atoms with Gasteiger partial charge in [0.2, 0.25) is 0 Å². The zero-order chi connectivity index (χ0) is 21.3. The summed E-state index contributed by atoms with van der Waals surface area (Å²) in [5, 5.41) is 12.9. The van der Waals surface area contributed by atoms with E-state index in [1.165, 1.54) is 7.11 Å². The second-order valence-electron chi connectivity index (χ2n) is 7.27.